The van der Waals surface area contributed by atoms with Crippen molar-refractivity contribution in [2.75, 3.05) is 19.8 Å². The molecule has 4 fully saturated rings. The third-order valence-electron chi connectivity index (χ3n) is 11.7. The lowest BCUT2D eigenvalue weighted by Gasteiger charge is -2.68. The predicted molar refractivity (Wildman–Crippen MR) is 129 cm³/mol. The van der Waals surface area contributed by atoms with Crippen LogP contribution in [0.4, 0.5) is 0 Å². The fourth-order valence-corrected chi connectivity index (χ4v) is 9.81. The minimum atomic E-state index is 0.283. The van der Waals surface area contributed by atoms with E-state index in [1.54, 1.807) is 0 Å². The van der Waals surface area contributed by atoms with Gasteiger partial charge in [0.1, 0.15) is 0 Å². The average molecular weight is 434 g/mol. The number of aliphatic hydroxyl groups is 1. The van der Waals surface area contributed by atoms with E-state index in [-0.39, 0.29) is 5.41 Å². The summed E-state index contributed by atoms with van der Waals surface area (Å²) in [5.74, 6) is 4.00. The highest BCUT2D eigenvalue weighted by Gasteiger charge is 2.68. The highest BCUT2D eigenvalue weighted by Crippen LogP contribution is 2.73. The standard InChI is InChI=1S/C28H51NO2/c1-20(9-7-17-30)22-13-14-24-23-12-11-21-10-5-6-15-26(21,2)27(23,3)19-25(28(22,24)4)31-18-8-16-29/h20-25,30H,5-19,29H2,1-4H3/t20?,21?,22?,23?,24?,25-,26-,27?,28+/m0/s1. The van der Waals surface area contributed by atoms with Gasteiger partial charge in [0, 0.05) is 13.2 Å². The van der Waals surface area contributed by atoms with Crippen molar-refractivity contribution in [2.45, 2.75) is 111 Å². The summed E-state index contributed by atoms with van der Waals surface area (Å²) in [6.07, 6.45) is 16.1. The first-order valence-corrected chi connectivity index (χ1v) is 13.8. The predicted octanol–water partition coefficient (Wildman–Crippen LogP) is 6.18. The molecule has 0 aliphatic heterocycles. The van der Waals surface area contributed by atoms with E-state index < -0.39 is 0 Å². The van der Waals surface area contributed by atoms with Crippen LogP contribution in [0.3, 0.4) is 0 Å². The van der Waals surface area contributed by atoms with Crippen LogP contribution in [0.1, 0.15) is 105 Å². The van der Waals surface area contributed by atoms with Crippen molar-refractivity contribution in [3.8, 4) is 0 Å². The zero-order valence-corrected chi connectivity index (χ0v) is 21.0. The summed E-state index contributed by atoms with van der Waals surface area (Å²) in [7, 11) is 0. The first-order chi connectivity index (χ1) is 14.8. The van der Waals surface area contributed by atoms with Gasteiger partial charge >= 0.3 is 0 Å². The number of rotatable bonds is 8. The average Bonchev–Trinajstić information content (AvgIpc) is 3.11. The Balaban J connectivity index is 1.67. The first kappa shape index (κ1) is 24.0. The molecule has 0 saturated heterocycles. The molecule has 4 aliphatic rings. The fraction of sp³-hybridized carbons (Fsp3) is 1.00. The van der Waals surface area contributed by atoms with E-state index in [1.807, 2.05) is 0 Å². The number of fused-ring (bicyclic) bond motifs is 5. The van der Waals surface area contributed by atoms with Crippen molar-refractivity contribution in [2.24, 2.45) is 51.6 Å². The Morgan fingerprint density at radius 3 is 2.48 bits per heavy atom. The molecule has 4 aliphatic carbocycles. The molecule has 4 saturated carbocycles. The second-order valence-corrected chi connectivity index (χ2v) is 12.7. The van der Waals surface area contributed by atoms with Crippen LogP contribution in [0.15, 0.2) is 0 Å². The van der Waals surface area contributed by atoms with Crippen LogP contribution in [0.2, 0.25) is 0 Å². The minimum absolute atomic E-state index is 0.283. The van der Waals surface area contributed by atoms with Gasteiger partial charge in [-0.15, -0.1) is 0 Å². The molecule has 0 amide bonds. The molecule has 6 unspecified atom stereocenters. The van der Waals surface area contributed by atoms with Crippen molar-refractivity contribution in [3.63, 3.8) is 0 Å². The molecule has 9 atom stereocenters. The van der Waals surface area contributed by atoms with Gasteiger partial charge in [-0.25, -0.2) is 0 Å². The summed E-state index contributed by atoms with van der Waals surface area (Å²) in [6, 6.07) is 0. The van der Waals surface area contributed by atoms with E-state index in [2.05, 4.69) is 27.7 Å². The Hall–Kier alpha value is -0.120. The number of ether oxygens (including phenoxy) is 1. The zero-order chi connectivity index (χ0) is 22.3. The Bertz CT molecular complexity index is 610. The third kappa shape index (κ3) is 3.73. The number of aliphatic hydroxyl groups excluding tert-OH is 1. The van der Waals surface area contributed by atoms with Crippen LogP contribution in [-0.4, -0.2) is 31.0 Å². The molecular weight excluding hydrogens is 382 g/mol. The van der Waals surface area contributed by atoms with Crippen LogP contribution in [0.5, 0.6) is 0 Å². The van der Waals surface area contributed by atoms with Gasteiger partial charge in [-0.1, -0.05) is 40.5 Å². The SMILES string of the molecule is CC(CCCO)C1CCC2C3CCC4CCCC[C@]4(C)C3(C)C[C@H](OCCCN)[C@]12C. The van der Waals surface area contributed by atoms with Crippen LogP contribution in [-0.2, 0) is 4.74 Å². The molecule has 3 N–H and O–H groups in total. The molecule has 0 aromatic heterocycles. The van der Waals surface area contributed by atoms with E-state index >= 15 is 0 Å². The molecule has 0 aromatic rings. The summed E-state index contributed by atoms with van der Waals surface area (Å²) in [6.45, 7) is 12.3. The second kappa shape index (κ2) is 9.26. The van der Waals surface area contributed by atoms with Gasteiger partial charge in [-0.2, -0.15) is 0 Å². The lowest BCUT2D eigenvalue weighted by Crippen LogP contribution is -2.63. The van der Waals surface area contributed by atoms with Crippen molar-refractivity contribution in [3.05, 3.63) is 0 Å². The first-order valence-electron chi connectivity index (χ1n) is 13.8. The molecule has 3 heteroatoms. The quantitative estimate of drug-likeness (QED) is 0.450. The van der Waals surface area contributed by atoms with Gasteiger partial charge < -0.3 is 15.6 Å². The molecule has 0 radical (unpaired) electrons. The maximum Gasteiger partial charge on any atom is 0.0639 e. The summed E-state index contributed by atoms with van der Waals surface area (Å²) in [4.78, 5) is 0. The minimum Gasteiger partial charge on any atom is -0.396 e. The highest BCUT2D eigenvalue weighted by atomic mass is 16.5. The van der Waals surface area contributed by atoms with E-state index in [0.717, 1.165) is 56.1 Å². The number of hydrogen-bond acceptors (Lipinski definition) is 3. The lowest BCUT2D eigenvalue weighted by molar-refractivity contribution is -0.228. The maximum atomic E-state index is 9.44. The molecular formula is C28H51NO2. The Labute approximate surface area is 192 Å². The Morgan fingerprint density at radius 1 is 0.968 bits per heavy atom. The zero-order valence-electron chi connectivity index (χ0n) is 21.0. The van der Waals surface area contributed by atoms with Gasteiger partial charge in [0.25, 0.3) is 0 Å². The summed E-state index contributed by atoms with van der Waals surface area (Å²) in [5, 5.41) is 9.44. The molecule has 31 heavy (non-hydrogen) atoms. The molecule has 4 rings (SSSR count). The van der Waals surface area contributed by atoms with E-state index in [9.17, 15) is 5.11 Å². The molecule has 0 spiro atoms. The largest absolute Gasteiger partial charge is 0.396 e. The smallest absolute Gasteiger partial charge is 0.0639 e. The van der Waals surface area contributed by atoms with E-state index in [0.29, 0.717) is 29.5 Å². The lowest BCUT2D eigenvalue weighted by atomic mass is 9.37. The van der Waals surface area contributed by atoms with Crippen molar-refractivity contribution in [1.29, 1.82) is 0 Å². The topological polar surface area (TPSA) is 55.5 Å². The van der Waals surface area contributed by atoms with E-state index in [4.69, 9.17) is 10.5 Å². The Morgan fingerprint density at radius 2 is 1.74 bits per heavy atom. The highest BCUT2D eigenvalue weighted by molar-refractivity contribution is 5.17. The van der Waals surface area contributed by atoms with Gasteiger partial charge in [0.05, 0.1) is 6.10 Å². The van der Waals surface area contributed by atoms with Crippen LogP contribution in [0.25, 0.3) is 0 Å². The van der Waals surface area contributed by atoms with Gasteiger partial charge in [-0.05, 0) is 117 Å². The van der Waals surface area contributed by atoms with Crippen LogP contribution in [0, 0.1) is 45.8 Å². The molecule has 180 valence electrons. The van der Waals surface area contributed by atoms with Crippen LogP contribution >= 0.6 is 0 Å². The van der Waals surface area contributed by atoms with Crippen molar-refractivity contribution < 1.29 is 9.84 Å². The summed E-state index contributed by atoms with van der Waals surface area (Å²) < 4.78 is 6.83. The Kier molecular flexibility index (Phi) is 7.17. The fourth-order valence-electron chi connectivity index (χ4n) is 9.81. The molecule has 0 bridgehead atoms. The van der Waals surface area contributed by atoms with Gasteiger partial charge in [0.2, 0.25) is 0 Å². The maximum absolute atomic E-state index is 9.44. The third-order valence-corrected chi connectivity index (χ3v) is 11.7. The number of nitrogens with two attached hydrogens (primary N) is 1. The van der Waals surface area contributed by atoms with E-state index in [1.165, 1.54) is 57.8 Å². The monoisotopic (exact) mass is 433 g/mol. The summed E-state index contributed by atoms with van der Waals surface area (Å²) >= 11 is 0. The molecule has 0 heterocycles. The summed E-state index contributed by atoms with van der Waals surface area (Å²) in [5.41, 5.74) is 7.04. The van der Waals surface area contributed by atoms with Crippen LogP contribution < -0.4 is 5.73 Å². The van der Waals surface area contributed by atoms with Gasteiger partial charge in [0.15, 0.2) is 0 Å². The second-order valence-electron chi connectivity index (χ2n) is 12.7. The molecule has 0 aromatic carbocycles. The van der Waals surface area contributed by atoms with Crippen molar-refractivity contribution >= 4 is 0 Å². The van der Waals surface area contributed by atoms with Gasteiger partial charge in [-0.3, -0.25) is 0 Å². The normalized spacial score (nSPS) is 48.0. The van der Waals surface area contributed by atoms with Crippen molar-refractivity contribution in [1.82, 2.24) is 0 Å². The molecule has 3 nitrogen and oxygen atoms in total. The number of hydrogen-bond donors (Lipinski definition) is 2.